The number of nitrogens with one attached hydrogen (secondary N) is 1. The Morgan fingerprint density at radius 1 is 1.52 bits per heavy atom. The van der Waals surface area contributed by atoms with E-state index >= 15 is 0 Å². The second kappa shape index (κ2) is 6.98. The summed E-state index contributed by atoms with van der Waals surface area (Å²) in [5.41, 5.74) is 1.05. The van der Waals surface area contributed by atoms with Gasteiger partial charge in [-0.3, -0.25) is 19.6 Å². The summed E-state index contributed by atoms with van der Waals surface area (Å²) < 4.78 is 7.12. The van der Waals surface area contributed by atoms with Gasteiger partial charge in [0, 0.05) is 12.4 Å². The Kier molecular flexibility index (Phi) is 5.28. The molecule has 0 fully saturated rings. The van der Waals surface area contributed by atoms with Crippen molar-refractivity contribution in [2.24, 2.45) is 7.05 Å². The van der Waals surface area contributed by atoms with Gasteiger partial charge in [-0.25, -0.2) is 4.98 Å². The van der Waals surface area contributed by atoms with Crippen LogP contribution in [0.5, 0.6) is 0 Å². The highest BCUT2D eigenvalue weighted by atomic mass is 127. The Balaban J connectivity index is 2.03. The number of hydrogen-bond acceptors (Lipinski definition) is 6. The van der Waals surface area contributed by atoms with Gasteiger partial charge in [0.2, 0.25) is 0 Å². The zero-order chi connectivity index (χ0) is 15.4. The zero-order valence-electron chi connectivity index (χ0n) is 11.4. The Labute approximate surface area is 138 Å². The van der Waals surface area contributed by atoms with Crippen molar-refractivity contribution in [1.82, 2.24) is 14.8 Å². The SMILES string of the molecule is CCOC(=O)Cc1csc(NC(=O)c2c(I)cnn2C)n1. The monoisotopic (exact) mass is 420 g/mol. The molecule has 0 saturated carbocycles. The number of carbonyl (C=O) groups excluding carboxylic acids is 2. The lowest BCUT2D eigenvalue weighted by atomic mass is 10.3. The van der Waals surface area contributed by atoms with Gasteiger partial charge >= 0.3 is 5.97 Å². The molecule has 0 aliphatic heterocycles. The zero-order valence-corrected chi connectivity index (χ0v) is 14.4. The highest BCUT2D eigenvalue weighted by Gasteiger charge is 2.17. The van der Waals surface area contributed by atoms with E-state index in [1.54, 1.807) is 25.5 Å². The van der Waals surface area contributed by atoms with E-state index in [1.165, 1.54) is 16.0 Å². The molecule has 1 amide bonds. The van der Waals surface area contributed by atoms with Crippen LogP contribution in [0.2, 0.25) is 0 Å². The second-order valence-corrected chi connectivity index (χ2v) is 6.06. The third-order valence-electron chi connectivity index (χ3n) is 2.51. The number of aromatic nitrogens is 3. The molecule has 2 heterocycles. The van der Waals surface area contributed by atoms with Crippen LogP contribution in [0.25, 0.3) is 0 Å². The van der Waals surface area contributed by atoms with Crippen LogP contribution in [-0.4, -0.2) is 33.2 Å². The highest BCUT2D eigenvalue weighted by molar-refractivity contribution is 14.1. The number of nitrogens with zero attached hydrogens (tertiary/aromatic N) is 3. The Bertz CT molecular complexity index is 648. The number of rotatable bonds is 5. The molecule has 0 unspecified atom stereocenters. The lowest BCUT2D eigenvalue weighted by molar-refractivity contribution is -0.142. The van der Waals surface area contributed by atoms with Crippen molar-refractivity contribution in [2.45, 2.75) is 13.3 Å². The van der Waals surface area contributed by atoms with E-state index in [-0.39, 0.29) is 18.3 Å². The predicted octanol–water partition coefficient (Wildman–Crippen LogP) is 1.84. The summed E-state index contributed by atoms with van der Waals surface area (Å²) in [6.45, 7) is 2.09. The van der Waals surface area contributed by atoms with Crippen LogP contribution in [0.3, 0.4) is 0 Å². The van der Waals surface area contributed by atoms with Crippen molar-refractivity contribution >= 4 is 50.9 Å². The number of carbonyl (C=O) groups is 2. The van der Waals surface area contributed by atoms with Crippen LogP contribution < -0.4 is 5.32 Å². The lowest BCUT2D eigenvalue weighted by Gasteiger charge is -2.02. The average molecular weight is 420 g/mol. The second-order valence-electron chi connectivity index (χ2n) is 4.04. The van der Waals surface area contributed by atoms with Crippen LogP contribution in [0, 0.1) is 3.57 Å². The fourth-order valence-corrected chi connectivity index (χ4v) is 3.05. The summed E-state index contributed by atoms with van der Waals surface area (Å²) in [5, 5.41) is 8.88. The Hall–Kier alpha value is -1.49. The number of ether oxygens (including phenoxy) is 1. The molecule has 7 nitrogen and oxygen atoms in total. The van der Waals surface area contributed by atoms with E-state index < -0.39 is 0 Å². The molecular weight excluding hydrogens is 407 g/mol. The molecular formula is C12H13IN4O3S. The molecule has 0 aromatic carbocycles. The topological polar surface area (TPSA) is 86.1 Å². The van der Waals surface area contributed by atoms with Gasteiger partial charge in [0.1, 0.15) is 5.69 Å². The smallest absolute Gasteiger partial charge is 0.311 e. The largest absolute Gasteiger partial charge is 0.466 e. The molecule has 2 aromatic rings. The molecule has 1 N–H and O–H groups in total. The first-order chi connectivity index (χ1) is 10.0. The molecule has 0 bridgehead atoms. The van der Waals surface area contributed by atoms with E-state index in [9.17, 15) is 9.59 Å². The number of aryl methyl sites for hydroxylation is 1. The minimum atomic E-state index is -0.332. The van der Waals surface area contributed by atoms with Gasteiger partial charge in [-0.05, 0) is 29.5 Å². The number of hydrogen-bond donors (Lipinski definition) is 1. The lowest BCUT2D eigenvalue weighted by Crippen LogP contribution is -2.17. The molecule has 2 aromatic heterocycles. The first-order valence-corrected chi connectivity index (χ1v) is 8.06. The molecule has 0 atom stereocenters. The number of anilines is 1. The van der Waals surface area contributed by atoms with Gasteiger partial charge in [-0.15, -0.1) is 11.3 Å². The third kappa shape index (κ3) is 4.00. The minimum Gasteiger partial charge on any atom is -0.466 e. The molecule has 0 spiro atoms. The van der Waals surface area contributed by atoms with Crippen LogP contribution in [0.1, 0.15) is 23.1 Å². The van der Waals surface area contributed by atoms with Crippen molar-refractivity contribution in [3.63, 3.8) is 0 Å². The van der Waals surface area contributed by atoms with Crippen molar-refractivity contribution < 1.29 is 14.3 Å². The molecule has 21 heavy (non-hydrogen) atoms. The normalized spacial score (nSPS) is 10.4. The fourth-order valence-electron chi connectivity index (χ4n) is 1.63. The van der Waals surface area contributed by atoms with Gasteiger partial charge in [-0.1, -0.05) is 0 Å². The maximum absolute atomic E-state index is 12.1. The first kappa shape index (κ1) is 15.9. The average Bonchev–Trinajstić information content (AvgIpc) is 2.97. The molecule has 0 radical (unpaired) electrons. The fraction of sp³-hybridized carbons (Fsp3) is 0.333. The summed E-state index contributed by atoms with van der Waals surface area (Å²) in [6.07, 6.45) is 1.72. The standard InChI is InChI=1S/C12H13IN4O3S/c1-3-20-9(18)4-7-6-21-12(15-7)16-11(19)10-8(13)5-14-17(10)2/h5-6H,3-4H2,1-2H3,(H,15,16,19). The molecule has 2 rings (SSSR count). The first-order valence-electron chi connectivity index (χ1n) is 6.10. The number of amides is 1. The van der Waals surface area contributed by atoms with E-state index in [4.69, 9.17) is 4.74 Å². The van der Waals surface area contributed by atoms with E-state index in [2.05, 4.69) is 15.4 Å². The summed E-state index contributed by atoms with van der Waals surface area (Å²) in [4.78, 5) is 27.7. The Morgan fingerprint density at radius 2 is 2.29 bits per heavy atom. The summed E-state index contributed by atoms with van der Waals surface area (Å²) in [6, 6.07) is 0. The third-order valence-corrected chi connectivity index (χ3v) is 4.11. The molecule has 0 aliphatic rings. The van der Waals surface area contributed by atoms with Gasteiger partial charge in [0.15, 0.2) is 5.13 Å². The van der Waals surface area contributed by atoms with Crippen LogP contribution in [-0.2, 0) is 23.0 Å². The summed E-state index contributed by atoms with van der Waals surface area (Å²) >= 11 is 3.31. The van der Waals surface area contributed by atoms with Gasteiger partial charge < -0.3 is 4.74 Å². The molecule has 9 heteroatoms. The minimum absolute atomic E-state index is 0.101. The van der Waals surface area contributed by atoms with Crippen molar-refractivity contribution in [3.05, 3.63) is 26.5 Å². The van der Waals surface area contributed by atoms with Crippen molar-refractivity contribution in [3.8, 4) is 0 Å². The van der Waals surface area contributed by atoms with Crippen molar-refractivity contribution in [2.75, 3.05) is 11.9 Å². The molecule has 0 aliphatic carbocycles. The predicted molar refractivity (Wildman–Crippen MR) is 86.3 cm³/mol. The maximum Gasteiger partial charge on any atom is 0.311 e. The van der Waals surface area contributed by atoms with E-state index in [1.807, 2.05) is 22.6 Å². The highest BCUT2D eigenvalue weighted by Crippen LogP contribution is 2.18. The summed E-state index contributed by atoms with van der Waals surface area (Å²) in [7, 11) is 1.70. The number of thiazole rings is 1. The molecule has 0 saturated heterocycles. The summed E-state index contributed by atoms with van der Waals surface area (Å²) in [5.74, 6) is -0.613. The van der Waals surface area contributed by atoms with Crippen LogP contribution in [0.4, 0.5) is 5.13 Å². The van der Waals surface area contributed by atoms with E-state index in [0.717, 1.165) is 3.57 Å². The van der Waals surface area contributed by atoms with E-state index in [0.29, 0.717) is 23.1 Å². The van der Waals surface area contributed by atoms with Crippen molar-refractivity contribution in [1.29, 1.82) is 0 Å². The quantitative estimate of drug-likeness (QED) is 0.590. The van der Waals surface area contributed by atoms with Crippen LogP contribution in [0.15, 0.2) is 11.6 Å². The van der Waals surface area contributed by atoms with Gasteiger partial charge in [0.25, 0.3) is 5.91 Å². The molecule has 112 valence electrons. The number of halogens is 1. The van der Waals surface area contributed by atoms with Gasteiger partial charge in [0.05, 0.1) is 28.5 Å². The maximum atomic E-state index is 12.1. The Morgan fingerprint density at radius 3 is 2.90 bits per heavy atom. The number of esters is 1. The van der Waals surface area contributed by atoms with Gasteiger partial charge in [-0.2, -0.15) is 5.10 Å². The van der Waals surface area contributed by atoms with Crippen LogP contribution >= 0.6 is 33.9 Å².